The lowest BCUT2D eigenvalue weighted by atomic mass is 10.1. The number of ether oxygens (including phenoxy) is 1. The van der Waals surface area contributed by atoms with Gasteiger partial charge in [-0.05, 0) is 54.4 Å². The van der Waals surface area contributed by atoms with Crippen molar-refractivity contribution in [2.45, 2.75) is 13.0 Å². The molecule has 6 nitrogen and oxygen atoms in total. The topological polar surface area (TPSA) is 61.9 Å². The molecule has 7 heteroatoms. The predicted octanol–water partition coefficient (Wildman–Crippen LogP) is 5.43. The van der Waals surface area contributed by atoms with Gasteiger partial charge in [-0.1, -0.05) is 41.9 Å². The van der Waals surface area contributed by atoms with Crippen molar-refractivity contribution in [3.8, 4) is 5.75 Å². The summed E-state index contributed by atoms with van der Waals surface area (Å²) >= 11 is 6.34. The first-order valence-corrected chi connectivity index (χ1v) is 10.8. The van der Waals surface area contributed by atoms with Crippen molar-refractivity contribution in [3.05, 3.63) is 88.9 Å². The minimum Gasteiger partial charge on any atom is -0.497 e. The standard InChI is InChI=1S/C25H24ClN3O3/c1-32-21-11-8-19(9-12-21)24(30)27-23-16-20(10-13-22(23)26)29-15-5-14-28(25(29)31)17-18-6-3-2-4-7-18/h2-4,6-13,16H,5,14-15,17H2,1H3,(H,27,30). The molecule has 1 heterocycles. The molecular formula is C25H24ClN3O3. The van der Waals surface area contributed by atoms with Crippen molar-refractivity contribution in [1.82, 2.24) is 4.90 Å². The van der Waals surface area contributed by atoms with E-state index in [1.54, 1.807) is 54.5 Å². The normalized spacial score (nSPS) is 13.8. The lowest BCUT2D eigenvalue weighted by Crippen LogP contribution is -2.49. The number of amides is 3. The van der Waals surface area contributed by atoms with Crippen LogP contribution >= 0.6 is 11.6 Å². The van der Waals surface area contributed by atoms with Crippen LogP contribution in [0.15, 0.2) is 72.8 Å². The molecule has 0 saturated carbocycles. The van der Waals surface area contributed by atoms with Crippen molar-refractivity contribution in [2.75, 3.05) is 30.4 Å². The summed E-state index contributed by atoms with van der Waals surface area (Å²) in [5.41, 5.74) is 2.72. The van der Waals surface area contributed by atoms with Crippen molar-refractivity contribution >= 4 is 34.9 Å². The fraction of sp³-hybridized carbons (Fsp3) is 0.200. The van der Waals surface area contributed by atoms with E-state index >= 15 is 0 Å². The van der Waals surface area contributed by atoms with Crippen molar-refractivity contribution in [2.24, 2.45) is 0 Å². The van der Waals surface area contributed by atoms with E-state index in [0.717, 1.165) is 12.0 Å². The Morgan fingerprint density at radius 1 is 1.03 bits per heavy atom. The first kappa shape index (κ1) is 21.7. The number of nitrogens with one attached hydrogen (secondary N) is 1. The van der Waals surface area contributed by atoms with Crippen molar-refractivity contribution in [3.63, 3.8) is 0 Å². The van der Waals surface area contributed by atoms with E-state index in [9.17, 15) is 9.59 Å². The fourth-order valence-corrected chi connectivity index (χ4v) is 3.85. The fourth-order valence-electron chi connectivity index (χ4n) is 3.69. The molecule has 1 saturated heterocycles. The zero-order chi connectivity index (χ0) is 22.5. The summed E-state index contributed by atoms with van der Waals surface area (Å²) in [6.07, 6.45) is 0.856. The van der Waals surface area contributed by atoms with Gasteiger partial charge in [0.25, 0.3) is 5.91 Å². The van der Waals surface area contributed by atoms with Crippen LogP contribution < -0.4 is 15.0 Å². The highest BCUT2D eigenvalue weighted by atomic mass is 35.5. The molecule has 3 aromatic carbocycles. The maximum atomic E-state index is 13.2. The van der Waals surface area contributed by atoms with Crippen LogP contribution in [0.5, 0.6) is 5.75 Å². The van der Waals surface area contributed by atoms with Crippen LogP contribution in [0.3, 0.4) is 0 Å². The van der Waals surface area contributed by atoms with Gasteiger partial charge in [0, 0.05) is 30.9 Å². The number of carbonyl (C=O) groups is 2. The van der Waals surface area contributed by atoms with Crippen LogP contribution in [0.4, 0.5) is 16.2 Å². The third kappa shape index (κ3) is 4.86. The molecule has 0 aromatic heterocycles. The molecule has 32 heavy (non-hydrogen) atoms. The monoisotopic (exact) mass is 449 g/mol. The summed E-state index contributed by atoms with van der Waals surface area (Å²) in [6.45, 7) is 1.88. The number of hydrogen-bond acceptors (Lipinski definition) is 3. The van der Waals surface area contributed by atoms with Gasteiger partial charge in [-0.2, -0.15) is 0 Å². The lowest BCUT2D eigenvalue weighted by molar-refractivity contribution is 0.102. The van der Waals surface area contributed by atoms with Gasteiger partial charge in [-0.15, -0.1) is 0 Å². The van der Waals surface area contributed by atoms with Gasteiger partial charge < -0.3 is 15.0 Å². The molecule has 0 atom stereocenters. The Balaban J connectivity index is 1.50. The average Bonchev–Trinajstić information content (AvgIpc) is 2.82. The molecule has 0 radical (unpaired) electrons. The number of hydrogen-bond donors (Lipinski definition) is 1. The number of benzene rings is 3. The molecule has 3 aromatic rings. The SMILES string of the molecule is COc1ccc(C(=O)Nc2cc(N3CCCN(Cc4ccccc4)C3=O)ccc2Cl)cc1. The molecule has 0 spiro atoms. The molecule has 1 aliphatic heterocycles. The van der Waals surface area contributed by atoms with E-state index in [-0.39, 0.29) is 11.9 Å². The minimum absolute atomic E-state index is 0.0603. The van der Waals surface area contributed by atoms with Crippen LogP contribution in [0.2, 0.25) is 5.02 Å². The van der Waals surface area contributed by atoms with Gasteiger partial charge in [-0.3, -0.25) is 9.69 Å². The average molecular weight is 450 g/mol. The first-order valence-electron chi connectivity index (χ1n) is 10.4. The molecule has 0 unspecified atom stereocenters. The summed E-state index contributed by atoms with van der Waals surface area (Å²) in [4.78, 5) is 29.4. The van der Waals surface area contributed by atoms with Crippen LogP contribution in [0, 0.1) is 0 Å². The molecule has 0 aliphatic carbocycles. The Bertz CT molecular complexity index is 1100. The third-order valence-electron chi connectivity index (χ3n) is 5.39. The van der Waals surface area contributed by atoms with Gasteiger partial charge in [0.15, 0.2) is 0 Å². The molecule has 164 valence electrons. The number of nitrogens with zero attached hydrogens (tertiary/aromatic N) is 2. The third-order valence-corrected chi connectivity index (χ3v) is 5.72. The zero-order valence-corrected chi connectivity index (χ0v) is 18.5. The van der Waals surface area contributed by atoms with E-state index in [4.69, 9.17) is 16.3 Å². The Morgan fingerprint density at radius 2 is 1.78 bits per heavy atom. The second kappa shape index (κ2) is 9.75. The lowest BCUT2D eigenvalue weighted by Gasteiger charge is -2.36. The van der Waals surface area contributed by atoms with E-state index in [1.165, 1.54) is 0 Å². The molecular weight excluding hydrogens is 426 g/mol. The van der Waals surface area contributed by atoms with E-state index in [0.29, 0.717) is 47.3 Å². The summed E-state index contributed by atoms with van der Waals surface area (Å²) in [7, 11) is 1.57. The highest BCUT2D eigenvalue weighted by Gasteiger charge is 2.27. The number of carbonyl (C=O) groups excluding carboxylic acids is 2. The minimum atomic E-state index is -0.289. The van der Waals surface area contributed by atoms with Crippen LogP contribution in [0.1, 0.15) is 22.3 Å². The maximum Gasteiger partial charge on any atom is 0.324 e. The molecule has 1 aliphatic rings. The van der Waals surface area contributed by atoms with Gasteiger partial charge in [0.2, 0.25) is 0 Å². The molecule has 3 amide bonds. The second-order valence-electron chi connectivity index (χ2n) is 7.54. The second-order valence-corrected chi connectivity index (χ2v) is 7.95. The van der Waals surface area contributed by atoms with Crippen LogP contribution in [-0.4, -0.2) is 37.0 Å². The van der Waals surface area contributed by atoms with Crippen molar-refractivity contribution < 1.29 is 14.3 Å². The summed E-state index contributed by atoms with van der Waals surface area (Å²) < 4.78 is 5.13. The largest absolute Gasteiger partial charge is 0.497 e. The highest BCUT2D eigenvalue weighted by molar-refractivity contribution is 6.34. The highest BCUT2D eigenvalue weighted by Crippen LogP contribution is 2.30. The molecule has 0 bridgehead atoms. The van der Waals surface area contributed by atoms with Gasteiger partial charge >= 0.3 is 6.03 Å². The number of rotatable bonds is 6. The van der Waals surface area contributed by atoms with E-state index < -0.39 is 0 Å². The summed E-state index contributed by atoms with van der Waals surface area (Å²) in [5, 5.41) is 3.25. The van der Waals surface area contributed by atoms with E-state index in [1.807, 2.05) is 35.2 Å². The Labute approximate surface area is 192 Å². The quantitative estimate of drug-likeness (QED) is 0.545. The van der Waals surface area contributed by atoms with Gasteiger partial charge in [0.05, 0.1) is 17.8 Å². The number of halogens is 1. The smallest absolute Gasteiger partial charge is 0.324 e. The van der Waals surface area contributed by atoms with Gasteiger partial charge in [0.1, 0.15) is 5.75 Å². The number of methoxy groups -OCH3 is 1. The number of urea groups is 1. The van der Waals surface area contributed by atoms with Crippen LogP contribution in [0.25, 0.3) is 0 Å². The first-order chi connectivity index (χ1) is 15.5. The Morgan fingerprint density at radius 3 is 2.50 bits per heavy atom. The molecule has 1 N–H and O–H groups in total. The Kier molecular flexibility index (Phi) is 6.61. The molecule has 4 rings (SSSR count). The summed E-state index contributed by atoms with van der Waals surface area (Å²) in [6, 6.07) is 21.9. The summed E-state index contributed by atoms with van der Waals surface area (Å²) in [5.74, 6) is 0.382. The van der Waals surface area contributed by atoms with Crippen LogP contribution in [-0.2, 0) is 6.54 Å². The predicted molar refractivity (Wildman–Crippen MR) is 127 cm³/mol. The Hall–Kier alpha value is -3.51. The number of anilines is 2. The maximum absolute atomic E-state index is 13.2. The zero-order valence-electron chi connectivity index (χ0n) is 17.8. The molecule has 1 fully saturated rings. The van der Waals surface area contributed by atoms with Gasteiger partial charge in [-0.25, -0.2) is 4.79 Å². The van der Waals surface area contributed by atoms with Crippen molar-refractivity contribution in [1.29, 1.82) is 0 Å². The van der Waals surface area contributed by atoms with E-state index in [2.05, 4.69) is 5.32 Å².